The molecule has 0 radical (unpaired) electrons. The molecular formula is C12H22N2O3. The Kier molecular flexibility index (Phi) is 5.41. The maximum atomic E-state index is 11.6. The Morgan fingerprint density at radius 1 is 1.29 bits per heavy atom. The first-order valence-corrected chi connectivity index (χ1v) is 6.25. The first-order valence-electron chi connectivity index (χ1n) is 6.25. The van der Waals surface area contributed by atoms with E-state index in [1.165, 1.54) is 6.42 Å². The number of piperidine rings is 1. The Hall–Kier alpha value is -1.10. The van der Waals surface area contributed by atoms with E-state index in [1.807, 2.05) is 0 Å². The van der Waals surface area contributed by atoms with Gasteiger partial charge in [-0.15, -0.1) is 0 Å². The third-order valence-electron chi connectivity index (χ3n) is 3.36. The van der Waals surface area contributed by atoms with E-state index in [0.29, 0.717) is 18.6 Å². The minimum Gasteiger partial charge on any atom is -0.481 e. The molecule has 0 saturated carbocycles. The van der Waals surface area contributed by atoms with Gasteiger partial charge in [0.15, 0.2) is 0 Å². The summed E-state index contributed by atoms with van der Waals surface area (Å²) in [6.07, 6.45) is 3.47. The fourth-order valence-corrected chi connectivity index (χ4v) is 2.32. The molecule has 1 amide bonds. The molecule has 0 spiro atoms. The molecule has 0 aromatic carbocycles. The van der Waals surface area contributed by atoms with E-state index >= 15 is 0 Å². The lowest BCUT2D eigenvalue weighted by atomic mass is 9.97. The Morgan fingerprint density at radius 2 is 1.88 bits per heavy atom. The molecule has 5 heteroatoms. The largest absolute Gasteiger partial charge is 0.481 e. The highest BCUT2D eigenvalue weighted by Crippen LogP contribution is 2.21. The van der Waals surface area contributed by atoms with E-state index in [9.17, 15) is 9.59 Å². The zero-order chi connectivity index (χ0) is 12.8. The summed E-state index contributed by atoms with van der Waals surface area (Å²) < 4.78 is 0. The van der Waals surface area contributed by atoms with Gasteiger partial charge in [-0.2, -0.15) is 0 Å². The highest BCUT2D eigenvalue weighted by atomic mass is 16.4. The maximum Gasteiger partial charge on any atom is 0.305 e. The number of hydrogen-bond acceptors (Lipinski definition) is 3. The van der Waals surface area contributed by atoms with Crippen LogP contribution in [0.25, 0.3) is 0 Å². The summed E-state index contributed by atoms with van der Waals surface area (Å²) in [4.78, 5) is 24.1. The summed E-state index contributed by atoms with van der Waals surface area (Å²) in [7, 11) is 0. The van der Waals surface area contributed by atoms with E-state index in [0.717, 1.165) is 12.8 Å². The summed E-state index contributed by atoms with van der Waals surface area (Å²) in [5.74, 6) is -0.961. The molecule has 0 aliphatic carbocycles. The van der Waals surface area contributed by atoms with Crippen LogP contribution in [0.15, 0.2) is 0 Å². The average Bonchev–Trinajstić information content (AvgIpc) is 2.23. The Bertz CT molecular complexity index is 271. The molecule has 0 unspecified atom stereocenters. The van der Waals surface area contributed by atoms with Crippen molar-refractivity contribution < 1.29 is 14.7 Å². The molecule has 17 heavy (non-hydrogen) atoms. The van der Waals surface area contributed by atoms with Crippen LogP contribution in [0.1, 0.15) is 39.5 Å². The lowest BCUT2D eigenvalue weighted by Crippen LogP contribution is -2.48. The van der Waals surface area contributed by atoms with Crippen molar-refractivity contribution in [2.45, 2.75) is 51.6 Å². The van der Waals surface area contributed by atoms with Crippen molar-refractivity contribution >= 4 is 11.9 Å². The van der Waals surface area contributed by atoms with Crippen LogP contribution in [0, 0.1) is 0 Å². The summed E-state index contributed by atoms with van der Waals surface area (Å²) in [6, 6.07) is 0.868. The van der Waals surface area contributed by atoms with E-state index in [-0.39, 0.29) is 18.9 Å². The Morgan fingerprint density at radius 3 is 2.41 bits per heavy atom. The maximum absolute atomic E-state index is 11.6. The molecule has 1 aliphatic heterocycles. The summed E-state index contributed by atoms with van der Waals surface area (Å²) in [5.41, 5.74) is 0. The van der Waals surface area contributed by atoms with Crippen molar-refractivity contribution in [2.24, 2.45) is 0 Å². The number of hydrogen-bond donors (Lipinski definition) is 2. The molecule has 2 atom stereocenters. The number of aliphatic carboxylic acids is 1. The molecule has 0 aromatic rings. The van der Waals surface area contributed by atoms with Crippen LogP contribution >= 0.6 is 0 Å². The monoisotopic (exact) mass is 242 g/mol. The average molecular weight is 242 g/mol. The molecule has 1 aliphatic rings. The number of carbonyl (C=O) groups is 2. The number of carbonyl (C=O) groups excluding carboxylic acids is 1. The smallest absolute Gasteiger partial charge is 0.305 e. The zero-order valence-corrected chi connectivity index (χ0v) is 10.6. The molecule has 1 rings (SSSR count). The molecule has 1 heterocycles. The summed E-state index contributed by atoms with van der Waals surface area (Å²) in [6.45, 7) is 4.87. The predicted octanol–water partition coefficient (Wildman–Crippen LogP) is 0.840. The number of likely N-dealkylation sites (tertiary alicyclic amines) is 1. The van der Waals surface area contributed by atoms with Crippen LogP contribution in [-0.4, -0.2) is 47.1 Å². The lowest BCUT2D eigenvalue weighted by molar-refractivity contribution is -0.137. The van der Waals surface area contributed by atoms with Gasteiger partial charge in [-0.25, -0.2) is 0 Å². The van der Waals surface area contributed by atoms with Crippen molar-refractivity contribution in [3.05, 3.63) is 0 Å². The normalized spacial score (nSPS) is 25.5. The number of nitrogens with one attached hydrogen (secondary N) is 1. The molecule has 0 bridgehead atoms. The number of rotatable bonds is 5. The number of carboxylic acids is 1. The lowest BCUT2D eigenvalue weighted by Gasteiger charge is -2.38. The predicted molar refractivity (Wildman–Crippen MR) is 64.7 cm³/mol. The van der Waals surface area contributed by atoms with E-state index < -0.39 is 5.97 Å². The van der Waals surface area contributed by atoms with Gasteiger partial charge >= 0.3 is 5.97 Å². The summed E-state index contributed by atoms with van der Waals surface area (Å²) in [5, 5.41) is 11.1. The van der Waals surface area contributed by atoms with Crippen LogP contribution in [0.5, 0.6) is 0 Å². The van der Waals surface area contributed by atoms with E-state index in [2.05, 4.69) is 24.1 Å². The SMILES string of the molecule is C[C@@H]1CCC[C@H](C)N1CC(=O)NCCC(=O)O. The van der Waals surface area contributed by atoms with Gasteiger partial charge in [-0.05, 0) is 26.7 Å². The Balaban J connectivity index is 2.31. The molecule has 2 N–H and O–H groups in total. The van der Waals surface area contributed by atoms with Gasteiger partial charge in [0.05, 0.1) is 13.0 Å². The molecular weight excluding hydrogens is 220 g/mol. The van der Waals surface area contributed by atoms with Crippen molar-refractivity contribution in [2.75, 3.05) is 13.1 Å². The topological polar surface area (TPSA) is 69.6 Å². The van der Waals surface area contributed by atoms with Gasteiger partial charge in [0.25, 0.3) is 0 Å². The van der Waals surface area contributed by atoms with Crippen LogP contribution in [0.4, 0.5) is 0 Å². The molecule has 1 saturated heterocycles. The molecule has 0 aromatic heterocycles. The molecule has 5 nitrogen and oxygen atoms in total. The van der Waals surface area contributed by atoms with Crippen molar-refractivity contribution in [1.29, 1.82) is 0 Å². The van der Waals surface area contributed by atoms with Gasteiger partial charge in [-0.1, -0.05) is 6.42 Å². The third kappa shape index (κ3) is 4.73. The fourth-order valence-electron chi connectivity index (χ4n) is 2.32. The second-order valence-electron chi connectivity index (χ2n) is 4.79. The van der Waals surface area contributed by atoms with Gasteiger partial charge in [0.1, 0.15) is 0 Å². The number of nitrogens with zero attached hydrogens (tertiary/aromatic N) is 1. The van der Waals surface area contributed by atoms with Gasteiger partial charge in [0, 0.05) is 18.6 Å². The first-order chi connectivity index (χ1) is 8.00. The highest BCUT2D eigenvalue weighted by Gasteiger charge is 2.26. The minimum absolute atomic E-state index is 0.0170. The van der Waals surface area contributed by atoms with Gasteiger partial charge in [-0.3, -0.25) is 14.5 Å². The first kappa shape index (κ1) is 14.0. The number of amides is 1. The van der Waals surface area contributed by atoms with E-state index in [4.69, 9.17) is 5.11 Å². The van der Waals surface area contributed by atoms with Crippen LogP contribution < -0.4 is 5.32 Å². The second kappa shape index (κ2) is 6.59. The third-order valence-corrected chi connectivity index (χ3v) is 3.36. The van der Waals surface area contributed by atoms with Crippen molar-refractivity contribution in [1.82, 2.24) is 10.2 Å². The fraction of sp³-hybridized carbons (Fsp3) is 0.833. The zero-order valence-electron chi connectivity index (χ0n) is 10.6. The minimum atomic E-state index is -0.884. The molecule has 1 fully saturated rings. The van der Waals surface area contributed by atoms with Crippen LogP contribution in [-0.2, 0) is 9.59 Å². The highest BCUT2D eigenvalue weighted by molar-refractivity contribution is 5.78. The van der Waals surface area contributed by atoms with Crippen molar-refractivity contribution in [3.8, 4) is 0 Å². The Labute approximate surface area is 102 Å². The van der Waals surface area contributed by atoms with Gasteiger partial charge in [0.2, 0.25) is 5.91 Å². The standard InChI is InChI=1S/C12H22N2O3/c1-9-4-3-5-10(2)14(9)8-11(15)13-7-6-12(16)17/h9-10H,3-8H2,1-2H3,(H,13,15)(H,16,17)/t9-,10+. The summed E-state index contributed by atoms with van der Waals surface area (Å²) >= 11 is 0. The molecule has 98 valence electrons. The number of carboxylic acid groups (broad SMARTS) is 1. The van der Waals surface area contributed by atoms with E-state index in [1.54, 1.807) is 0 Å². The van der Waals surface area contributed by atoms with Gasteiger partial charge < -0.3 is 10.4 Å². The quantitative estimate of drug-likeness (QED) is 0.749. The van der Waals surface area contributed by atoms with Crippen LogP contribution in [0.2, 0.25) is 0 Å². The second-order valence-corrected chi connectivity index (χ2v) is 4.79. The van der Waals surface area contributed by atoms with Crippen LogP contribution in [0.3, 0.4) is 0 Å². The van der Waals surface area contributed by atoms with Crippen molar-refractivity contribution in [3.63, 3.8) is 0 Å².